The van der Waals surface area contributed by atoms with Crippen LogP contribution in [0.1, 0.15) is 12.5 Å². The first-order chi connectivity index (χ1) is 12.2. The van der Waals surface area contributed by atoms with Gasteiger partial charge in [0.2, 0.25) is 5.28 Å². The summed E-state index contributed by atoms with van der Waals surface area (Å²) in [5, 5.41) is 1.40. The molecule has 2 aromatic carbocycles. The lowest BCUT2D eigenvalue weighted by atomic mass is 10.0. The molecule has 5 heteroatoms. The number of nitrogens with zero attached hydrogens (tertiary/aromatic N) is 3. The molecule has 0 aliphatic carbocycles. The zero-order valence-corrected chi connectivity index (χ0v) is 15.9. The molecule has 3 nitrogen and oxygen atoms in total. The molecule has 0 amide bonds. The fraction of sp³-hybridized carbons (Fsp3) is 0.100. The van der Waals surface area contributed by atoms with Crippen LogP contribution in [0.2, 0.25) is 5.28 Å². The van der Waals surface area contributed by atoms with E-state index >= 15 is 0 Å². The molecule has 2 heterocycles. The minimum absolute atomic E-state index is 0.268. The average molecular weight is 413 g/mol. The minimum atomic E-state index is 0.268. The first-order valence-corrected chi connectivity index (χ1v) is 9.22. The Kier molecular flexibility index (Phi) is 4.32. The molecular weight excluding hydrogens is 398 g/mol. The van der Waals surface area contributed by atoms with Crippen molar-refractivity contribution in [1.82, 2.24) is 14.5 Å². The zero-order valence-electron chi connectivity index (χ0n) is 13.6. The van der Waals surface area contributed by atoms with E-state index in [9.17, 15) is 0 Å². The molecule has 4 aromatic rings. The molecule has 0 unspecified atom stereocenters. The first kappa shape index (κ1) is 16.3. The Labute approximate surface area is 159 Å². The Morgan fingerprint density at radius 2 is 1.92 bits per heavy atom. The molecular formula is C20H15BrClN3. The summed E-state index contributed by atoms with van der Waals surface area (Å²) in [6.45, 7) is 2.10. The molecule has 0 bridgehead atoms. The van der Waals surface area contributed by atoms with E-state index in [4.69, 9.17) is 11.6 Å². The number of halogens is 2. The third kappa shape index (κ3) is 2.96. The van der Waals surface area contributed by atoms with Crippen LogP contribution in [-0.2, 0) is 6.42 Å². The predicted octanol–water partition coefficient (Wildman–Crippen LogP) is 6.07. The van der Waals surface area contributed by atoms with Gasteiger partial charge in [-0.25, -0.2) is 9.97 Å². The number of aryl methyl sites for hydroxylation is 1. The highest BCUT2D eigenvalue weighted by Crippen LogP contribution is 2.35. The van der Waals surface area contributed by atoms with Gasteiger partial charge in [0.05, 0.1) is 11.2 Å². The number of fused-ring (bicyclic) bond motifs is 1. The third-order valence-corrected chi connectivity index (χ3v) is 4.95. The van der Waals surface area contributed by atoms with E-state index in [1.165, 1.54) is 0 Å². The van der Waals surface area contributed by atoms with Crippen molar-refractivity contribution in [2.24, 2.45) is 0 Å². The Balaban J connectivity index is 2.05. The third-order valence-electron chi connectivity index (χ3n) is 4.27. The fourth-order valence-electron chi connectivity index (χ4n) is 3.07. The monoisotopic (exact) mass is 411 g/mol. The van der Waals surface area contributed by atoms with Gasteiger partial charge < -0.3 is 4.57 Å². The standard InChI is InChI=1S/C20H15BrClN3/c1-2-13-11-23-20(22)24-19(13)17-12-25(15-6-4-3-5-7-15)18-10-14(21)8-9-16(17)18/h3-12H,2H2,1H3. The Hall–Kier alpha value is -2.17. The van der Waals surface area contributed by atoms with Crippen molar-refractivity contribution in [2.75, 3.05) is 0 Å². The summed E-state index contributed by atoms with van der Waals surface area (Å²) < 4.78 is 3.23. The lowest BCUT2D eigenvalue weighted by Crippen LogP contribution is -1.94. The molecule has 124 valence electrons. The van der Waals surface area contributed by atoms with Crippen LogP contribution in [0.15, 0.2) is 65.4 Å². The quantitative estimate of drug-likeness (QED) is 0.383. The van der Waals surface area contributed by atoms with Crippen molar-refractivity contribution >= 4 is 38.4 Å². The maximum Gasteiger partial charge on any atom is 0.222 e. The molecule has 0 N–H and O–H groups in total. The van der Waals surface area contributed by atoms with Crippen LogP contribution in [0.4, 0.5) is 0 Å². The first-order valence-electron chi connectivity index (χ1n) is 8.05. The topological polar surface area (TPSA) is 30.7 Å². The summed E-state index contributed by atoms with van der Waals surface area (Å²) in [5.74, 6) is 0. The van der Waals surface area contributed by atoms with Crippen molar-refractivity contribution < 1.29 is 0 Å². The van der Waals surface area contributed by atoms with Crippen LogP contribution in [-0.4, -0.2) is 14.5 Å². The molecule has 0 saturated heterocycles. The van der Waals surface area contributed by atoms with Crippen LogP contribution in [0.25, 0.3) is 27.8 Å². The number of rotatable bonds is 3. The fourth-order valence-corrected chi connectivity index (χ4v) is 3.55. The zero-order chi connectivity index (χ0) is 17.4. The van der Waals surface area contributed by atoms with Gasteiger partial charge in [0.15, 0.2) is 0 Å². The van der Waals surface area contributed by atoms with Crippen LogP contribution in [0.3, 0.4) is 0 Å². The summed E-state index contributed by atoms with van der Waals surface area (Å²) >= 11 is 9.67. The summed E-state index contributed by atoms with van der Waals surface area (Å²) in [7, 11) is 0. The van der Waals surface area contributed by atoms with Crippen molar-refractivity contribution in [3.05, 3.63) is 76.2 Å². The van der Waals surface area contributed by atoms with E-state index in [1.807, 2.05) is 24.4 Å². The SMILES string of the molecule is CCc1cnc(Cl)nc1-c1cn(-c2ccccc2)c2cc(Br)ccc12. The highest BCUT2D eigenvalue weighted by Gasteiger charge is 2.16. The Bertz CT molecular complexity index is 1060. The molecule has 4 rings (SSSR count). The normalized spacial score (nSPS) is 11.2. The number of hydrogen-bond donors (Lipinski definition) is 0. The minimum Gasteiger partial charge on any atom is -0.316 e. The molecule has 2 aromatic heterocycles. The molecule has 0 aliphatic heterocycles. The molecule has 0 atom stereocenters. The highest BCUT2D eigenvalue weighted by atomic mass is 79.9. The van der Waals surface area contributed by atoms with E-state index < -0.39 is 0 Å². The Morgan fingerprint density at radius 1 is 1.12 bits per heavy atom. The maximum absolute atomic E-state index is 6.09. The number of aromatic nitrogens is 3. The average Bonchev–Trinajstić information content (AvgIpc) is 3.01. The molecule has 0 aliphatic rings. The van der Waals surface area contributed by atoms with Crippen LogP contribution in [0, 0.1) is 0 Å². The largest absolute Gasteiger partial charge is 0.316 e. The van der Waals surface area contributed by atoms with Gasteiger partial charge in [-0.3, -0.25) is 0 Å². The van der Waals surface area contributed by atoms with Crippen molar-refractivity contribution in [2.45, 2.75) is 13.3 Å². The van der Waals surface area contributed by atoms with E-state index in [0.29, 0.717) is 0 Å². The van der Waals surface area contributed by atoms with E-state index in [2.05, 4.69) is 73.9 Å². The van der Waals surface area contributed by atoms with Crippen molar-refractivity contribution in [3.8, 4) is 16.9 Å². The smallest absolute Gasteiger partial charge is 0.222 e. The summed E-state index contributed by atoms with van der Waals surface area (Å²) in [5.41, 5.74) is 5.26. The van der Waals surface area contributed by atoms with Gasteiger partial charge in [0.25, 0.3) is 0 Å². The molecule has 25 heavy (non-hydrogen) atoms. The van der Waals surface area contributed by atoms with Crippen LogP contribution >= 0.6 is 27.5 Å². The van der Waals surface area contributed by atoms with Gasteiger partial charge in [-0.05, 0) is 47.9 Å². The molecule has 0 radical (unpaired) electrons. The maximum atomic E-state index is 6.09. The summed E-state index contributed by atoms with van der Waals surface area (Å²) in [6, 6.07) is 16.6. The Morgan fingerprint density at radius 3 is 2.68 bits per heavy atom. The summed E-state index contributed by atoms with van der Waals surface area (Å²) in [6.07, 6.45) is 4.79. The molecule has 0 saturated carbocycles. The van der Waals surface area contributed by atoms with Crippen molar-refractivity contribution in [1.29, 1.82) is 0 Å². The lowest BCUT2D eigenvalue weighted by Gasteiger charge is -2.05. The summed E-state index contributed by atoms with van der Waals surface area (Å²) in [4.78, 5) is 8.66. The number of hydrogen-bond acceptors (Lipinski definition) is 2. The van der Waals surface area contributed by atoms with Gasteiger partial charge >= 0.3 is 0 Å². The van der Waals surface area contributed by atoms with Gasteiger partial charge in [-0.15, -0.1) is 0 Å². The van der Waals surface area contributed by atoms with Crippen LogP contribution < -0.4 is 0 Å². The number of benzene rings is 2. The molecule has 0 fully saturated rings. The van der Waals surface area contributed by atoms with E-state index in [1.54, 1.807) is 0 Å². The second-order valence-electron chi connectivity index (χ2n) is 5.78. The van der Waals surface area contributed by atoms with E-state index in [0.717, 1.165) is 44.3 Å². The van der Waals surface area contributed by atoms with Gasteiger partial charge in [0, 0.05) is 33.5 Å². The van der Waals surface area contributed by atoms with Gasteiger partial charge in [-0.1, -0.05) is 47.1 Å². The van der Waals surface area contributed by atoms with Crippen molar-refractivity contribution in [3.63, 3.8) is 0 Å². The highest BCUT2D eigenvalue weighted by molar-refractivity contribution is 9.10. The number of para-hydroxylation sites is 1. The van der Waals surface area contributed by atoms with Gasteiger partial charge in [0.1, 0.15) is 0 Å². The van der Waals surface area contributed by atoms with Gasteiger partial charge in [-0.2, -0.15) is 0 Å². The predicted molar refractivity (Wildman–Crippen MR) is 106 cm³/mol. The van der Waals surface area contributed by atoms with E-state index in [-0.39, 0.29) is 5.28 Å². The van der Waals surface area contributed by atoms with Crippen LogP contribution in [0.5, 0.6) is 0 Å². The second kappa shape index (κ2) is 6.62. The second-order valence-corrected chi connectivity index (χ2v) is 7.03. The lowest BCUT2D eigenvalue weighted by molar-refractivity contribution is 1.05. The molecule has 0 spiro atoms.